The highest BCUT2D eigenvalue weighted by atomic mass is 35.5. The fraction of sp³-hybridized carbons (Fsp3) is 0.533. The first kappa shape index (κ1) is 17.7. The van der Waals surface area contributed by atoms with Crippen molar-refractivity contribution in [1.29, 1.82) is 0 Å². The molecule has 0 radical (unpaired) electrons. The lowest BCUT2D eigenvalue weighted by Crippen LogP contribution is -2.31. The van der Waals surface area contributed by atoms with Crippen LogP contribution in [-0.2, 0) is 11.2 Å². The molecule has 1 amide bonds. The van der Waals surface area contributed by atoms with Crippen molar-refractivity contribution in [3.05, 3.63) is 29.6 Å². The number of likely N-dealkylation sites (tertiary alicyclic amines) is 1. The largest absolute Gasteiger partial charge is 0.494 e. The standard InChI is InChI=1S/C15H21FN2O2.ClH/c1-17-9-12-5-6-18(10-12)15(19)8-11-3-4-14(20-2)13(16)7-11;/h3-4,7,12,17H,5-6,8-10H2,1-2H3;1H. The first-order valence-corrected chi connectivity index (χ1v) is 6.88. The SMILES string of the molecule is CNCC1CCN(C(=O)Cc2ccc(OC)c(F)c2)C1.Cl. The number of nitrogens with one attached hydrogen (secondary N) is 1. The van der Waals surface area contributed by atoms with Crippen LogP contribution in [-0.4, -0.2) is 44.6 Å². The van der Waals surface area contributed by atoms with E-state index in [0.29, 0.717) is 11.5 Å². The number of hydrogen-bond acceptors (Lipinski definition) is 3. The van der Waals surface area contributed by atoms with E-state index in [2.05, 4.69) is 5.32 Å². The zero-order valence-electron chi connectivity index (χ0n) is 12.4. The molecule has 1 aromatic rings. The molecule has 1 fully saturated rings. The molecular formula is C15H22ClFN2O2. The summed E-state index contributed by atoms with van der Waals surface area (Å²) in [5.74, 6) is 0.369. The Morgan fingerprint density at radius 2 is 2.29 bits per heavy atom. The molecular weight excluding hydrogens is 295 g/mol. The smallest absolute Gasteiger partial charge is 0.227 e. The summed E-state index contributed by atoms with van der Waals surface area (Å²) in [5, 5.41) is 3.14. The van der Waals surface area contributed by atoms with E-state index in [9.17, 15) is 9.18 Å². The highest BCUT2D eigenvalue weighted by molar-refractivity contribution is 5.85. The highest BCUT2D eigenvalue weighted by Gasteiger charge is 2.25. The summed E-state index contributed by atoms with van der Waals surface area (Å²) in [5.41, 5.74) is 0.686. The van der Waals surface area contributed by atoms with E-state index in [1.165, 1.54) is 13.2 Å². The molecule has 1 aromatic carbocycles. The van der Waals surface area contributed by atoms with E-state index in [0.717, 1.165) is 26.1 Å². The zero-order valence-corrected chi connectivity index (χ0v) is 13.2. The fourth-order valence-electron chi connectivity index (χ4n) is 2.62. The number of hydrogen-bond donors (Lipinski definition) is 1. The van der Waals surface area contributed by atoms with Gasteiger partial charge in [-0.3, -0.25) is 4.79 Å². The summed E-state index contributed by atoms with van der Waals surface area (Å²) in [6, 6.07) is 4.67. The number of nitrogens with zero attached hydrogens (tertiary/aromatic N) is 1. The first-order valence-electron chi connectivity index (χ1n) is 6.88. The summed E-state index contributed by atoms with van der Waals surface area (Å²) in [4.78, 5) is 14.0. The third kappa shape index (κ3) is 4.58. The minimum atomic E-state index is -0.424. The Kier molecular flexibility index (Phi) is 6.92. The number of ether oxygens (including phenoxy) is 1. The van der Waals surface area contributed by atoms with Gasteiger partial charge in [0.05, 0.1) is 13.5 Å². The Morgan fingerprint density at radius 3 is 2.90 bits per heavy atom. The molecule has 6 heteroatoms. The number of benzene rings is 1. The Labute approximate surface area is 131 Å². The average Bonchev–Trinajstić information content (AvgIpc) is 2.88. The van der Waals surface area contributed by atoms with Crippen molar-refractivity contribution < 1.29 is 13.9 Å². The quantitative estimate of drug-likeness (QED) is 0.901. The van der Waals surface area contributed by atoms with Gasteiger partial charge in [0.15, 0.2) is 11.6 Å². The molecule has 0 spiro atoms. The first-order chi connectivity index (χ1) is 9.63. The van der Waals surface area contributed by atoms with Crippen LogP contribution in [0.15, 0.2) is 18.2 Å². The van der Waals surface area contributed by atoms with Crippen molar-refractivity contribution in [1.82, 2.24) is 10.2 Å². The van der Waals surface area contributed by atoms with Crippen molar-refractivity contribution >= 4 is 18.3 Å². The van der Waals surface area contributed by atoms with Crippen molar-refractivity contribution in [2.75, 3.05) is 33.8 Å². The maximum Gasteiger partial charge on any atom is 0.227 e. The molecule has 1 aliphatic heterocycles. The Bertz CT molecular complexity index is 485. The van der Waals surface area contributed by atoms with Gasteiger partial charge in [-0.25, -0.2) is 4.39 Å². The fourth-order valence-corrected chi connectivity index (χ4v) is 2.62. The van der Waals surface area contributed by atoms with Gasteiger partial charge in [0.2, 0.25) is 5.91 Å². The molecule has 1 unspecified atom stereocenters. The second-order valence-corrected chi connectivity index (χ2v) is 5.20. The maximum absolute atomic E-state index is 13.6. The van der Waals surface area contributed by atoms with Gasteiger partial charge in [-0.15, -0.1) is 12.4 Å². The molecule has 1 heterocycles. The van der Waals surface area contributed by atoms with E-state index < -0.39 is 5.82 Å². The molecule has 4 nitrogen and oxygen atoms in total. The Hall–Kier alpha value is -1.33. The summed E-state index contributed by atoms with van der Waals surface area (Å²) < 4.78 is 18.5. The monoisotopic (exact) mass is 316 g/mol. The van der Waals surface area contributed by atoms with Gasteiger partial charge in [0, 0.05) is 13.1 Å². The van der Waals surface area contributed by atoms with Gasteiger partial charge < -0.3 is 15.0 Å². The Morgan fingerprint density at radius 1 is 1.52 bits per heavy atom. The molecule has 2 rings (SSSR count). The average molecular weight is 317 g/mol. The second kappa shape index (κ2) is 8.20. The van der Waals surface area contributed by atoms with Gasteiger partial charge in [0.1, 0.15) is 0 Å². The zero-order chi connectivity index (χ0) is 14.5. The van der Waals surface area contributed by atoms with Crippen molar-refractivity contribution in [2.24, 2.45) is 5.92 Å². The third-order valence-electron chi connectivity index (χ3n) is 3.70. The van der Waals surface area contributed by atoms with Crippen molar-refractivity contribution in [3.63, 3.8) is 0 Å². The van der Waals surface area contributed by atoms with Gasteiger partial charge in [0.25, 0.3) is 0 Å². The molecule has 118 valence electrons. The van der Waals surface area contributed by atoms with Crippen LogP contribution < -0.4 is 10.1 Å². The molecule has 0 bridgehead atoms. The number of amides is 1. The van der Waals surface area contributed by atoms with E-state index >= 15 is 0 Å². The lowest BCUT2D eigenvalue weighted by Gasteiger charge is -2.16. The van der Waals surface area contributed by atoms with Crippen LogP contribution in [0.1, 0.15) is 12.0 Å². The van der Waals surface area contributed by atoms with Crippen LogP contribution in [0, 0.1) is 11.7 Å². The van der Waals surface area contributed by atoms with Crippen molar-refractivity contribution in [3.8, 4) is 5.75 Å². The number of carbonyl (C=O) groups is 1. The Balaban J connectivity index is 0.00000220. The van der Waals surface area contributed by atoms with E-state index in [1.807, 2.05) is 11.9 Å². The van der Waals surface area contributed by atoms with Gasteiger partial charge >= 0.3 is 0 Å². The van der Waals surface area contributed by atoms with E-state index in [1.54, 1.807) is 12.1 Å². The minimum Gasteiger partial charge on any atom is -0.494 e. The highest BCUT2D eigenvalue weighted by Crippen LogP contribution is 2.20. The molecule has 1 atom stereocenters. The molecule has 1 aliphatic rings. The molecule has 0 aliphatic carbocycles. The van der Waals surface area contributed by atoms with Crippen LogP contribution in [0.25, 0.3) is 0 Å². The minimum absolute atomic E-state index is 0. The number of rotatable bonds is 5. The predicted octanol–water partition coefficient (Wildman–Crippen LogP) is 1.87. The molecule has 1 N–H and O–H groups in total. The molecule has 0 aromatic heterocycles. The van der Waals surface area contributed by atoms with E-state index in [4.69, 9.17) is 4.74 Å². The predicted molar refractivity (Wildman–Crippen MR) is 82.5 cm³/mol. The van der Waals surface area contributed by atoms with Gasteiger partial charge in [-0.1, -0.05) is 6.07 Å². The van der Waals surface area contributed by atoms with Crippen LogP contribution in [0.3, 0.4) is 0 Å². The van der Waals surface area contributed by atoms with Gasteiger partial charge in [-0.05, 0) is 43.6 Å². The summed E-state index contributed by atoms with van der Waals surface area (Å²) >= 11 is 0. The lowest BCUT2D eigenvalue weighted by atomic mass is 10.1. The number of halogens is 2. The summed E-state index contributed by atoms with van der Waals surface area (Å²) in [7, 11) is 3.35. The summed E-state index contributed by atoms with van der Waals surface area (Å²) in [6.45, 7) is 2.52. The number of methoxy groups -OCH3 is 1. The molecule has 21 heavy (non-hydrogen) atoms. The van der Waals surface area contributed by atoms with Crippen LogP contribution in [0.4, 0.5) is 4.39 Å². The molecule has 0 saturated carbocycles. The summed E-state index contributed by atoms with van der Waals surface area (Å²) in [6.07, 6.45) is 1.27. The number of carbonyl (C=O) groups excluding carboxylic acids is 1. The topological polar surface area (TPSA) is 41.6 Å². The third-order valence-corrected chi connectivity index (χ3v) is 3.70. The normalized spacial score (nSPS) is 17.5. The van der Waals surface area contributed by atoms with Gasteiger partial charge in [-0.2, -0.15) is 0 Å². The maximum atomic E-state index is 13.6. The van der Waals surface area contributed by atoms with Crippen molar-refractivity contribution in [2.45, 2.75) is 12.8 Å². The molecule has 1 saturated heterocycles. The van der Waals surface area contributed by atoms with Crippen LogP contribution in [0.5, 0.6) is 5.75 Å². The lowest BCUT2D eigenvalue weighted by molar-refractivity contribution is -0.129. The second-order valence-electron chi connectivity index (χ2n) is 5.20. The van der Waals surface area contributed by atoms with Crippen LogP contribution in [0.2, 0.25) is 0 Å². The van der Waals surface area contributed by atoms with Crippen LogP contribution >= 0.6 is 12.4 Å². The van der Waals surface area contributed by atoms with E-state index in [-0.39, 0.29) is 30.5 Å².